The molecule has 4 rings (SSSR count). The first-order valence-electron chi connectivity index (χ1n) is 8.03. The van der Waals surface area contributed by atoms with Crippen molar-refractivity contribution in [1.82, 2.24) is 4.98 Å². The van der Waals surface area contributed by atoms with Crippen LogP contribution in [0.4, 0.5) is 10.8 Å². The summed E-state index contributed by atoms with van der Waals surface area (Å²) in [5.41, 5.74) is 1.33. The lowest BCUT2D eigenvalue weighted by Crippen LogP contribution is -2.36. The maximum absolute atomic E-state index is 12.6. The monoisotopic (exact) mass is 409 g/mol. The van der Waals surface area contributed by atoms with Crippen molar-refractivity contribution in [3.63, 3.8) is 0 Å². The molecule has 0 amide bonds. The van der Waals surface area contributed by atoms with E-state index >= 15 is 0 Å². The van der Waals surface area contributed by atoms with Crippen molar-refractivity contribution in [2.24, 2.45) is 0 Å². The zero-order valence-electron chi connectivity index (χ0n) is 13.7. The first-order chi connectivity index (χ1) is 12.5. The van der Waals surface area contributed by atoms with Crippen LogP contribution in [0.2, 0.25) is 5.02 Å². The number of nitrogens with one attached hydrogen (secondary N) is 1. The summed E-state index contributed by atoms with van der Waals surface area (Å²) in [4.78, 5) is 6.87. The molecule has 2 heterocycles. The van der Waals surface area contributed by atoms with Gasteiger partial charge in [0, 0.05) is 13.1 Å². The molecule has 1 aliphatic heterocycles. The second-order valence-corrected chi connectivity index (χ2v) is 8.88. The van der Waals surface area contributed by atoms with Gasteiger partial charge in [-0.1, -0.05) is 35.1 Å². The third-order valence-corrected chi connectivity index (χ3v) is 7.00. The van der Waals surface area contributed by atoms with E-state index in [1.54, 1.807) is 41.7 Å². The van der Waals surface area contributed by atoms with E-state index in [0.29, 0.717) is 18.9 Å². The highest BCUT2D eigenvalue weighted by Gasteiger charge is 2.19. The molecule has 3 aromatic rings. The molecule has 0 bridgehead atoms. The van der Waals surface area contributed by atoms with E-state index in [9.17, 15) is 8.42 Å². The number of halogens is 1. The van der Waals surface area contributed by atoms with Crippen LogP contribution >= 0.6 is 22.9 Å². The number of anilines is 2. The summed E-state index contributed by atoms with van der Waals surface area (Å²) in [5.74, 6) is 0. The molecular weight excluding hydrogens is 394 g/mol. The van der Waals surface area contributed by atoms with E-state index in [0.717, 1.165) is 28.4 Å². The van der Waals surface area contributed by atoms with Gasteiger partial charge in [-0.25, -0.2) is 13.4 Å². The van der Waals surface area contributed by atoms with Crippen LogP contribution in [0.5, 0.6) is 0 Å². The Balaban J connectivity index is 1.62. The largest absolute Gasteiger partial charge is 0.378 e. The number of sulfonamides is 1. The number of rotatable bonds is 4. The SMILES string of the molecule is O=S(=O)(Nc1ccc2nc(N3CCOCC3)sc2c1)c1ccccc1Cl. The van der Waals surface area contributed by atoms with E-state index in [1.165, 1.54) is 6.07 Å². The minimum absolute atomic E-state index is 0.0556. The predicted octanol–water partition coefficient (Wildman–Crippen LogP) is 3.59. The molecule has 136 valence electrons. The standard InChI is InChI=1S/C17H16ClN3O3S2/c18-13-3-1-2-4-16(13)26(22,23)20-12-5-6-14-15(11-12)25-17(19-14)21-7-9-24-10-8-21/h1-6,11,20H,7-10H2. The van der Waals surface area contributed by atoms with Crippen LogP contribution in [0.15, 0.2) is 47.4 Å². The smallest absolute Gasteiger partial charge is 0.263 e. The number of aromatic nitrogens is 1. The van der Waals surface area contributed by atoms with Gasteiger partial charge in [-0.15, -0.1) is 0 Å². The van der Waals surface area contributed by atoms with Gasteiger partial charge in [0.15, 0.2) is 5.13 Å². The quantitative estimate of drug-likeness (QED) is 0.713. The molecule has 0 spiro atoms. The Kier molecular flexibility index (Phi) is 4.74. The lowest BCUT2D eigenvalue weighted by molar-refractivity contribution is 0.122. The molecule has 26 heavy (non-hydrogen) atoms. The lowest BCUT2D eigenvalue weighted by Gasteiger charge is -2.25. The number of hydrogen-bond acceptors (Lipinski definition) is 6. The minimum atomic E-state index is -3.75. The maximum atomic E-state index is 12.6. The van der Waals surface area contributed by atoms with E-state index in [1.807, 2.05) is 6.07 Å². The molecule has 1 N–H and O–H groups in total. The van der Waals surface area contributed by atoms with Gasteiger partial charge in [-0.2, -0.15) is 0 Å². The lowest BCUT2D eigenvalue weighted by atomic mass is 10.3. The van der Waals surface area contributed by atoms with E-state index < -0.39 is 10.0 Å². The fourth-order valence-electron chi connectivity index (χ4n) is 2.74. The van der Waals surface area contributed by atoms with Crippen LogP contribution in [0, 0.1) is 0 Å². The average molecular weight is 410 g/mol. The molecule has 1 saturated heterocycles. The van der Waals surface area contributed by atoms with Gasteiger partial charge in [0.1, 0.15) is 4.90 Å². The van der Waals surface area contributed by atoms with Gasteiger partial charge in [0.2, 0.25) is 0 Å². The van der Waals surface area contributed by atoms with Gasteiger partial charge in [0.05, 0.1) is 34.1 Å². The summed E-state index contributed by atoms with van der Waals surface area (Å²) in [6.07, 6.45) is 0. The van der Waals surface area contributed by atoms with E-state index in [2.05, 4.69) is 14.6 Å². The molecule has 9 heteroatoms. The molecule has 0 unspecified atom stereocenters. The first-order valence-corrected chi connectivity index (χ1v) is 10.7. The van der Waals surface area contributed by atoms with Crippen molar-refractivity contribution in [1.29, 1.82) is 0 Å². The maximum Gasteiger partial charge on any atom is 0.263 e. The Labute approximate surface area is 160 Å². The van der Waals surface area contributed by atoms with Crippen LogP contribution in [0.25, 0.3) is 10.2 Å². The van der Waals surface area contributed by atoms with Gasteiger partial charge in [-0.05, 0) is 30.3 Å². The summed E-state index contributed by atoms with van der Waals surface area (Å²) in [5, 5.41) is 1.11. The van der Waals surface area contributed by atoms with E-state index in [-0.39, 0.29) is 9.92 Å². The summed E-state index contributed by atoms with van der Waals surface area (Å²) in [7, 11) is -3.75. The Morgan fingerprint density at radius 3 is 2.69 bits per heavy atom. The van der Waals surface area contributed by atoms with Crippen LogP contribution in [0.1, 0.15) is 0 Å². The highest BCUT2D eigenvalue weighted by molar-refractivity contribution is 7.92. The molecule has 1 aliphatic rings. The van der Waals surface area contributed by atoms with Crippen molar-refractivity contribution in [2.45, 2.75) is 4.90 Å². The topological polar surface area (TPSA) is 71.5 Å². The third kappa shape index (κ3) is 3.50. The van der Waals surface area contributed by atoms with Crippen molar-refractivity contribution in [3.8, 4) is 0 Å². The van der Waals surface area contributed by atoms with Gasteiger partial charge in [-0.3, -0.25) is 4.72 Å². The minimum Gasteiger partial charge on any atom is -0.378 e. The molecule has 6 nitrogen and oxygen atoms in total. The fourth-order valence-corrected chi connectivity index (χ4v) is 5.37. The number of morpholine rings is 1. The number of fused-ring (bicyclic) bond motifs is 1. The normalized spacial score (nSPS) is 15.3. The first kappa shape index (κ1) is 17.5. The number of ether oxygens (including phenoxy) is 1. The highest BCUT2D eigenvalue weighted by atomic mass is 35.5. The molecule has 0 atom stereocenters. The molecular formula is C17H16ClN3O3S2. The number of benzene rings is 2. The number of hydrogen-bond donors (Lipinski definition) is 1. The molecule has 0 aliphatic carbocycles. The van der Waals surface area contributed by atoms with Gasteiger partial charge in [0.25, 0.3) is 10.0 Å². The summed E-state index contributed by atoms with van der Waals surface area (Å²) in [6, 6.07) is 11.7. The Bertz CT molecular complexity index is 1050. The molecule has 1 fully saturated rings. The fraction of sp³-hybridized carbons (Fsp3) is 0.235. The van der Waals surface area contributed by atoms with Crippen LogP contribution in [0.3, 0.4) is 0 Å². The summed E-state index contributed by atoms with van der Waals surface area (Å²) >= 11 is 7.56. The Morgan fingerprint density at radius 2 is 1.92 bits per heavy atom. The molecule has 0 saturated carbocycles. The third-order valence-electron chi connectivity index (χ3n) is 4.04. The zero-order valence-corrected chi connectivity index (χ0v) is 16.1. The number of nitrogens with zero attached hydrogens (tertiary/aromatic N) is 2. The Morgan fingerprint density at radius 1 is 1.15 bits per heavy atom. The van der Waals surface area contributed by atoms with Gasteiger partial charge >= 0.3 is 0 Å². The summed E-state index contributed by atoms with van der Waals surface area (Å²) in [6.45, 7) is 3.01. The highest BCUT2D eigenvalue weighted by Crippen LogP contribution is 2.32. The van der Waals surface area contributed by atoms with Gasteiger partial charge < -0.3 is 9.64 Å². The van der Waals surface area contributed by atoms with Crippen molar-refractivity contribution >= 4 is 54.0 Å². The molecule has 0 radical (unpaired) electrons. The Hall–Kier alpha value is -1.87. The van der Waals surface area contributed by atoms with E-state index in [4.69, 9.17) is 16.3 Å². The zero-order chi connectivity index (χ0) is 18.1. The second-order valence-electron chi connectivity index (χ2n) is 5.81. The predicted molar refractivity (Wildman–Crippen MR) is 105 cm³/mol. The van der Waals surface area contributed by atoms with Crippen LogP contribution in [-0.2, 0) is 14.8 Å². The summed E-state index contributed by atoms with van der Waals surface area (Å²) < 4.78 is 34.0. The second kappa shape index (κ2) is 7.03. The van der Waals surface area contributed by atoms with Crippen molar-refractivity contribution < 1.29 is 13.2 Å². The molecule has 1 aromatic heterocycles. The van der Waals surface area contributed by atoms with Crippen molar-refractivity contribution in [2.75, 3.05) is 35.9 Å². The number of thiazole rings is 1. The van der Waals surface area contributed by atoms with Crippen LogP contribution < -0.4 is 9.62 Å². The average Bonchev–Trinajstić information content (AvgIpc) is 3.06. The van der Waals surface area contributed by atoms with Crippen molar-refractivity contribution in [3.05, 3.63) is 47.5 Å². The van der Waals surface area contributed by atoms with Crippen LogP contribution in [-0.4, -0.2) is 39.7 Å². The molecule has 2 aromatic carbocycles.